The van der Waals surface area contributed by atoms with Crippen molar-refractivity contribution in [2.45, 2.75) is 25.7 Å². The molecule has 1 aliphatic rings. The van der Waals surface area contributed by atoms with E-state index in [1.807, 2.05) is 0 Å². The van der Waals surface area contributed by atoms with Gasteiger partial charge in [-0.1, -0.05) is 19.4 Å². The number of carbonyl (C=O) groups is 3. The summed E-state index contributed by atoms with van der Waals surface area (Å²) in [7, 11) is 0. The van der Waals surface area contributed by atoms with Crippen molar-refractivity contribution in [1.82, 2.24) is 0 Å². The molecule has 1 aliphatic carbocycles. The predicted molar refractivity (Wildman–Crippen MR) is 62.6 cm³/mol. The van der Waals surface area contributed by atoms with Crippen LogP contribution >= 0.6 is 0 Å². The van der Waals surface area contributed by atoms with Gasteiger partial charge in [0.15, 0.2) is 0 Å². The van der Waals surface area contributed by atoms with E-state index in [4.69, 9.17) is 4.74 Å². The Hall–Kier alpha value is -1.85. The molecular weight excluding hydrogens is 252 g/mol. The summed E-state index contributed by atoms with van der Waals surface area (Å²) < 4.78 is 9.56. The van der Waals surface area contributed by atoms with Crippen LogP contribution in [0, 0.1) is 11.8 Å². The van der Waals surface area contributed by atoms with Crippen LogP contribution in [0.25, 0.3) is 0 Å². The first-order valence-electron chi connectivity index (χ1n) is 6.23. The van der Waals surface area contributed by atoms with E-state index in [9.17, 15) is 19.5 Å². The Balaban J connectivity index is 2.36. The lowest BCUT2D eigenvalue weighted by Crippen LogP contribution is -2.41. The molecule has 6 nitrogen and oxygen atoms in total. The van der Waals surface area contributed by atoms with Crippen LogP contribution in [0.5, 0.6) is 0 Å². The molecule has 2 atom stereocenters. The number of hydrogen-bond donors (Lipinski definition) is 0. The lowest BCUT2D eigenvalue weighted by atomic mass is 9.79. The smallest absolute Gasteiger partial charge is 0.330 e. The zero-order valence-corrected chi connectivity index (χ0v) is 10.6. The minimum atomic E-state index is -1.21. The van der Waals surface area contributed by atoms with Crippen LogP contribution in [-0.4, -0.2) is 31.1 Å². The highest BCUT2D eigenvalue weighted by Gasteiger charge is 2.32. The van der Waals surface area contributed by atoms with E-state index in [-0.39, 0.29) is 13.2 Å². The van der Waals surface area contributed by atoms with Crippen molar-refractivity contribution in [1.29, 1.82) is 0 Å². The molecule has 19 heavy (non-hydrogen) atoms. The van der Waals surface area contributed by atoms with E-state index >= 15 is 0 Å². The van der Waals surface area contributed by atoms with Gasteiger partial charge in [-0.25, -0.2) is 4.79 Å². The van der Waals surface area contributed by atoms with Crippen molar-refractivity contribution in [2.24, 2.45) is 11.8 Å². The number of ether oxygens (including phenoxy) is 2. The van der Waals surface area contributed by atoms with Gasteiger partial charge in [-0.15, -0.1) is 0 Å². The second-order valence-corrected chi connectivity index (χ2v) is 4.36. The molecule has 1 saturated carbocycles. The Bertz CT molecular complexity index is 362. The van der Waals surface area contributed by atoms with Gasteiger partial charge < -0.3 is 19.4 Å². The van der Waals surface area contributed by atoms with Crippen molar-refractivity contribution in [2.75, 3.05) is 13.2 Å². The molecule has 0 heterocycles. The highest BCUT2D eigenvalue weighted by molar-refractivity contribution is 5.81. The molecule has 0 aromatic rings. The van der Waals surface area contributed by atoms with Gasteiger partial charge in [-0.2, -0.15) is 0 Å². The molecule has 2 unspecified atom stereocenters. The van der Waals surface area contributed by atoms with Gasteiger partial charge in [0.05, 0.1) is 5.92 Å². The number of aliphatic carboxylic acids is 1. The van der Waals surface area contributed by atoms with Crippen molar-refractivity contribution in [3.8, 4) is 0 Å². The predicted octanol–water partition coefficient (Wildman–Crippen LogP) is -0.185. The first kappa shape index (κ1) is 15.2. The normalized spacial score (nSPS) is 22.3. The van der Waals surface area contributed by atoms with Crippen molar-refractivity contribution < 1.29 is 29.0 Å². The summed E-state index contributed by atoms with van der Waals surface area (Å²) in [6, 6.07) is 0. The number of rotatable bonds is 6. The second kappa shape index (κ2) is 7.56. The van der Waals surface area contributed by atoms with Crippen LogP contribution < -0.4 is 5.11 Å². The Morgan fingerprint density at radius 2 is 1.68 bits per heavy atom. The van der Waals surface area contributed by atoms with Crippen LogP contribution in [0.2, 0.25) is 0 Å². The third-order valence-electron chi connectivity index (χ3n) is 3.11. The van der Waals surface area contributed by atoms with E-state index in [1.165, 1.54) is 0 Å². The van der Waals surface area contributed by atoms with Gasteiger partial charge >= 0.3 is 11.9 Å². The van der Waals surface area contributed by atoms with Gasteiger partial charge in [0.2, 0.25) is 0 Å². The molecular formula is C13H17O6-. The van der Waals surface area contributed by atoms with Crippen molar-refractivity contribution in [3.05, 3.63) is 12.7 Å². The zero-order chi connectivity index (χ0) is 14.3. The lowest BCUT2D eigenvalue weighted by Gasteiger charge is -2.30. The number of esters is 2. The highest BCUT2D eigenvalue weighted by Crippen LogP contribution is 2.30. The van der Waals surface area contributed by atoms with E-state index in [2.05, 4.69) is 11.3 Å². The maximum atomic E-state index is 11.8. The fourth-order valence-corrected chi connectivity index (χ4v) is 2.15. The van der Waals surface area contributed by atoms with Gasteiger partial charge in [0.25, 0.3) is 0 Å². The lowest BCUT2D eigenvalue weighted by molar-refractivity contribution is -0.314. The topological polar surface area (TPSA) is 92.7 Å². The molecule has 1 fully saturated rings. The third-order valence-corrected chi connectivity index (χ3v) is 3.11. The zero-order valence-electron chi connectivity index (χ0n) is 10.6. The number of hydrogen-bond acceptors (Lipinski definition) is 6. The molecule has 0 aromatic carbocycles. The summed E-state index contributed by atoms with van der Waals surface area (Å²) in [5, 5.41) is 10.9. The average molecular weight is 269 g/mol. The molecule has 0 radical (unpaired) electrons. The molecule has 0 spiro atoms. The molecule has 0 N–H and O–H groups in total. The van der Waals surface area contributed by atoms with Gasteiger partial charge in [-0.05, 0) is 12.8 Å². The number of carbonyl (C=O) groups excluding carboxylic acids is 3. The van der Waals surface area contributed by atoms with Gasteiger partial charge in [0.1, 0.15) is 13.2 Å². The van der Waals surface area contributed by atoms with Gasteiger partial charge in [0, 0.05) is 18.0 Å². The summed E-state index contributed by atoms with van der Waals surface area (Å²) in [5.74, 6) is -3.81. The quantitative estimate of drug-likeness (QED) is 0.377. The number of carboxylic acid groups (broad SMARTS) is 1. The maximum Gasteiger partial charge on any atom is 0.330 e. The van der Waals surface area contributed by atoms with Gasteiger partial charge in [-0.3, -0.25) is 4.79 Å². The monoisotopic (exact) mass is 269 g/mol. The first-order chi connectivity index (χ1) is 9.06. The minimum absolute atomic E-state index is 0.0701. The highest BCUT2D eigenvalue weighted by atomic mass is 16.6. The van der Waals surface area contributed by atoms with Crippen LogP contribution in [0.15, 0.2) is 12.7 Å². The second-order valence-electron chi connectivity index (χ2n) is 4.36. The van der Waals surface area contributed by atoms with Crippen LogP contribution in [0.3, 0.4) is 0 Å². The fourth-order valence-electron chi connectivity index (χ4n) is 2.15. The summed E-state index contributed by atoms with van der Waals surface area (Å²) in [5.41, 5.74) is 0. The SMILES string of the molecule is C=CC(=O)OCCOC(=O)C1CCCCC1C(=O)[O-]. The van der Waals surface area contributed by atoms with Crippen molar-refractivity contribution in [3.63, 3.8) is 0 Å². The molecule has 1 rings (SSSR count). The van der Waals surface area contributed by atoms with E-state index < -0.39 is 29.7 Å². The first-order valence-corrected chi connectivity index (χ1v) is 6.23. The largest absolute Gasteiger partial charge is 0.550 e. The summed E-state index contributed by atoms with van der Waals surface area (Å²) in [6.07, 6.45) is 3.51. The molecule has 106 valence electrons. The van der Waals surface area contributed by atoms with Crippen LogP contribution in [-0.2, 0) is 23.9 Å². The Morgan fingerprint density at radius 3 is 2.26 bits per heavy atom. The Kier molecular flexibility index (Phi) is 6.05. The van der Waals surface area contributed by atoms with Crippen LogP contribution in [0.1, 0.15) is 25.7 Å². The standard InChI is InChI=1S/C13H18O6/c1-2-11(14)18-7-8-19-13(17)10-6-4-3-5-9(10)12(15)16/h2,9-10H,1,3-8H2,(H,15,16)/p-1. The Morgan fingerprint density at radius 1 is 1.11 bits per heavy atom. The van der Waals surface area contributed by atoms with Crippen molar-refractivity contribution >= 4 is 17.9 Å². The average Bonchev–Trinajstić information content (AvgIpc) is 2.42. The summed E-state index contributed by atoms with van der Waals surface area (Å²) >= 11 is 0. The summed E-state index contributed by atoms with van der Waals surface area (Å²) in [6.45, 7) is 3.06. The van der Waals surface area contributed by atoms with E-state index in [0.717, 1.165) is 18.9 Å². The molecule has 6 heteroatoms. The maximum absolute atomic E-state index is 11.8. The summed E-state index contributed by atoms with van der Waals surface area (Å²) in [4.78, 5) is 33.4. The molecule has 0 saturated heterocycles. The van der Waals surface area contributed by atoms with Crippen LogP contribution in [0.4, 0.5) is 0 Å². The Labute approximate surface area is 111 Å². The fraction of sp³-hybridized carbons (Fsp3) is 0.615. The molecule has 0 amide bonds. The third kappa shape index (κ3) is 4.73. The minimum Gasteiger partial charge on any atom is -0.550 e. The number of carboxylic acids is 1. The molecule has 0 aliphatic heterocycles. The molecule has 0 aromatic heterocycles. The van der Waals surface area contributed by atoms with E-state index in [0.29, 0.717) is 12.8 Å². The molecule has 0 bridgehead atoms. The van der Waals surface area contributed by atoms with E-state index in [1.54, 1.807) is 0 Å².